The summed E-state index contributed by atoms with van der Waals surface area (Å²) in [4.78, 5) is 17.3. The van der Waals surface area contributed by atoms with Crippen LogP contribution in [0.2, 0.25) is 0 Å². The Labute approximate surface area is 160 Å². The number of hydrogen-bond donors (Lipinski definition) is 2. The Morgan fingerprint density at radius 3 is 2.64 bits per heavy atom. The first-order chi connectivity index (χ1) is 11.0. The standard InChI is InChI=1S/C17H25N5O.2ClH/c1-10(2)22-16-13(9-19-22)12(8-11(3)20-16)17(23)21-15-7-5-4-6-14(15)18;;/h8-10,14-15H,4-7,18H2,1-3H3,(H,21,23);2*1H/t14-,15-;;/m1../s1. The number of rotatable bonds is 3. The van der Waals surface area contributed by atoms with Crippen molar-refractivity contribution in [3.63, 3.8) is 0 Å². The van der Waals surface area contributed by atoms with Gasteiger partial charge in [0.2, 0.25) is 0 Å². The van der Waals surface area contributed by atoms with Crippen LogP contribution in [0.1, 0.15) is 61.6 Å². The third-order valence-corrected chi connectivity index (χ3v) is 4.56. The van der Waals surface area contributed by atoms with Gasteiger partial charge in [0, 0.05) is 23.8 Å². The molecule has 25 heavy (non-hydrogen) atoms. The zero-order chi connectivity index (χ0) is 16.6. The van der Waals surface area contributed by atoms with Crippen LogP contribution in [0.3, 0.4) is 0 Å². The summed E-state index contributed by atoms with van der Waals surface area (Å²) >= 11 is 0. The van der Waals surface area contributed by atoms with Crippen molar-refractivity contribution in [2.24, 2.45) is 5.73 Å². The Hall–Kier alpha value is -1.37. The number of nitrogens with two attached hydrogens (primary N) is 1. The zero-order valence-electron chi connectivity index (χ0n) is 14.9. The topological polar surface area (TPSA) is 85.8 Å². The summed E-state index contributed by atoms with van der Waals surface area (Å²) in [6, 6.07) is 2.13. The fourth-order valence-corrected chi connectivity index (χ4v) is 3.29. The zero-order valence-corrected chi connectivity index (χ0v) is 16.5. The summed E-state index contributed by atoms with van der Waals surface area (Å²) < 4.78 is 1.85. The van der Waals surface area contributed by atoms with E-state index in [1.807, 2.05) is 17.7 Å². The molecule has 1 aliphatic rings. The molecule has 0 bridgehead atoms. The van der Waals surface area contributed by atoms with E-state index in [0.717, 1.165) is 42.4 Å². The fourth-order valence-electron chi connectivity index (χ4n) is 3.29. The maximum Gasteiger partial charge on any atom is 0.252 e. The Bertz CT molecular complexity index is 731. The number of pyridine rings is 1. The second-order valence-electron chi connectivity index (χ2n) is 6.76. The monoisotopic (exact) mass is 387 g/mol. The number of nitrogens with zero attached hydrogens (tertiary/aromatic N) is 3. The van der Waals surface area contributed by atoms with Crippen molar-refractivity contribution in [1.29, 1.82) is 0 Å². The second-order valence-corrected chi connectivity index (χ2v) is 6.76. The summed E-state index contributed by atoms with van der Waals surface area (Å²) in [5, 5.41) is 8.30. The Balaban J connectivity index is 0.00000156. The number of carbonyl (C=O) groups excluding carboxylic acids is 1. The fraction of sp³-hybridized carbons (Fsp3) is 0.588. The molecule has 0 spiro atoms. The molecule has 6 nitrogen and oxygen atoms in total. The number of halogens is 2. The van der Waals surface area contributed by atoms with E-state index in [4.69, 9.17) is 5.73 Å². The predicted octanol–water partition coefficient (Wildman–Crippen LogP) is 3.16. The van der Waals surface area contributed by atoms with Gasteiger partial charge in [0.25, 0.3) is 5.91 Å². The van der Waals surface area contributed by atoms with Gasteiger partial charge in [-0.2, -0.15) is 5.10 Å². The van der Waals surface area contributed by atoms with Crippen molar-refractivity contribution in [2.45, 2.75) is 64.6 Å². The molecule has 2 aromatic rings. The molecule has 8 heteroatoms. The van der Waals surface area contributed by atoms with Gasteiger partial charge in [-0.15, -0.1) is 24.8 Å². The lowest BCUT2D eigenvalue weighted by molar-refractivity contribution is 0.0923. The molecule has 0 aromatic carbocycles. The van der Waals surface area contributed by atoms with Crippen LogP contribution < -0.4 is 11.1 Å². The maximum absolute atomic E-state index is 12.8. The molecule has 0 radical (unpaired) electrons. The molecule has 3 N–H and O–H groups in total. The van der Waals surface area contributed by atoms with Gasteiger partial charge in [-0.05, 0) is 39.7 Å². The largest absolute Gasteiger partial charge is 0.348 e. The lowest BCUT2D eigenvalue weighted by Gasteiger charge is -2.29. The molecule has 1 fully saturated rings. The third kappa shape index (κ3) is 4.43. The second kappa shape index (κ2) is 8.83. The van der Waals surface area contributed by atoms with E-state index < -0.39 is 0 Å². The summed E-state index contributed by atoms with van der Waals surface area (Å²) in [5.41, 5.74) is 8.36. The highest BCUT2D eigenvalue weighted by Gasteiger charge is 2.25. The molecule has 1 saturated carbocycles. The molecular weight excluding hydrogens is 361 g/mol. The van der Waals surface area contributed by atoms with Crippen LogP contribution in [0.4, 0.5) is 0 Å². The van der Waals surface area contributed by atoms with E-state index in [2.05, 4.69) is 29.2 Å². The van der Waals surface area contributed by atoms with Gasteiger partial charge in [0.15, 0.2) is 5.65 Å². The van der Waals surface area contributed by atoms with E-state index in [0.29, 0.717) is 5.56 Å². The van der Waals surface area contributed by atoms with Crippen LogP contribution in [0.5, 0.6) is 0 Å². The van der Waals surface area contributed by atoms with Gasteiger partial charge in [-0.1, -0.05) is 12.8 Å². The lowest BCUT2D eigenvalue weighted by Crippen LogP contribution is -2.49. The van der Waals surface area contributed by atoms with Crippen molar-refractivity contribution in [2.75, 3.05) is 0 Å². The van der Waals surface area contributed by atoms with Crippen molar-refractivity contribution < 1.29 is 4.79 Å². The first-order valence-corrected chi connectivity index (χ1v) is 8.38. The molecule has 2 aromatic heterocycles. The lowest BCUT2D eigenvalue weighted by atomic mass is 9.91. The molecule has 3 rings (SSSR count). The van der Waals surface area contributed by atoms with Gasteiger partial charge in [-0.3, -0.25) is 4.79 Å². The van der Waals surface area contributed by atoms with Crippen LogP contribution in [0, 0.1) is 6.92 Å². The van der Waals surface area contributed by atoms with E-state index in [9.17, 15) is 4.79 Å². The third-order valence-electron chi connectivity index (χ3n) is 4.56. The normalized spacial score (nSPS) is 20.0. The number of fused-ring (bicyclic) bond motifs is 1. The first kappa shape index (κ1) is 21.7. The SMILES string of the molecule is Cc1cc(C(=O)N[C@@H]2CCCC[C@H]2N)c2cnn(C(C)C)c2n1.Cl.Cl. The van der Waals surface area contributed by atoms with E-state index in [1.165, 1.54) is 0 Å². The molecule has 2 atom stereocenters. The maximum atomic E-state index is 12.8. The van der Waals surface area contributed by atoms with Gasteiger partial charge >= 0.3 is 0 Å². The predicted molar refractivity (Wildman–Crippen MR) is 105 cm³/mol. The first-order valence-electron chi connectivity index (χ1n) is 8.38. The molecule has 0 aliphatic heterocycles. The summed E-state index contributed by atoms with van der Waals surface area (Å²) in [6.45, 7) is 6.01. The highest BCUT2D eigenvalue weighted by Crippen LogP contribution is 2.22. The van der Waals surface area contributed by atoms with Crippen LogP contribution in [0.15, 0.2) is 12.3 Å². The van der Waals surface area contributed by atoms with Crippen LogP contribution in [-0.4, -0.2) is 32.8 Å². The molecule has 1 aliphatic carbocycles. The average molecular weight is 388 g/mol. The van der Waals surface area contributed by atoms with E-state index in [1.54, 1.807) is 6.20 Å². The number of carbonyl (C=O) groups is 1. The Morgan fingerprint density at radius 1 is 1.32 bits per heavy atom. The van der Waals surface area contributed by atoms with E-state index >= 15 is 0 Å². The number of hydrogen-bond acceptors (Lipinski definition) is 4. The van der Waals surface area contributed by atoms with Crippen molar-refractivity contribution in [3.05, 3.63) is 23.5 Å². The van der Waals surface area contributed by atoms with Gasteiger partial charge in [0.05, 0.1) is 17.1 Å². The quantitative estimate of drug-likeness (QED) is 0.846. The molecule has 0 saturated heterocycles. The average Bonchev–Trinajstić information content (AvgIpc) is 2.92. The highest BCUT2D eigenvalue weighted by atomic mass is 35.5. The number of nitrogens with one attached hydrogen (secondary N) is 1. The van der Waals surface area contributed by atoms with Crippen molar-refractivity contribution in [3.8, 4) is 0 Å². The number of aromatic nitrogens is 3. The van der Waals surface area contributed by atoms with Gasteiger partial charge in [-0.25, -0.2) is 9.67 Å². The van der Waals surface area contributed by atoms with Gasteiger partial charge < -0.3 is 11.1 Å². The number of aryl methyl sites for hydroxylation is 1. The van der Waals surface area contributed by atoms with Crippen LogP contribution in [-0.2, 0) is 0 Å². The van der Waals surface area contributed by atoms with Crippen LogP contribution >= 0.6 is 24.8 Å². The van der Waals surface area contributed by atoms with Crippen molar-refractivity contribution in [1.82, 2.24) is 20.1 Å². The Kier molecular flexibility index (Phi) is 7.65. The van der Waals surface area contributed by atoms with Crippen LogP contribution in [0.25, 0.3) is 11.0 Å². The minimum atomic E-state index is -0.0776. The summed E-state index contributed by atoms with van der Waals surface area (Å²) in [7, 11) is 0. The highest BCUT2D eigenvalue weighted by molar-refractivity contribution is 6.05. The van der Waals surface area contributed by atoms with E-state index in [-0.39, 0.29) is 48.8 Å². The molecule has 2 heterocycles. The minimum absolute atomic E-state index is 0. The smallest absolute Gasteiger partial charge is 0.252 e. The number of amides is 1. The van der Waals surface area contributed by atoms with Gasteiger partial charge in [0.1, 0.15) is 0 Å². The molecule has 140 valence electrons. The summed E-state index contributed by atoms with van der Waals surface area (Å²) in [5.74, 6) is -0.0776. The van der Waals surface area contributed by atoms with Crippen molar-refractivity contribution >= 4 is 41.8 Å². The molecular formula is C17H27Cl2N5O. The Morgan fingerprint density at radius 2 is 2.00 bits per heavy atom. The molecule has 0 unspecified atom stereocenters. The molecule has 1 amide bonds. The minimum Gasteiger partial charge on any atom is -0.348 e. The summed E-state index contributed by atoms with van der Waals surface area (Å²) in [6.07, 6.45) is 5.92.